The fourth-order valence-electron chi connectivity index (χ4n) is 4.11. The van der Waals surface area contributed by atoms with Crippen LogP contribution < -0.4 is 24.4 Å². The first kappa shape index (κ1) is 22.4. The Kier molecular flexibility index (Phi) is 5.79. The van der Waals surface area contributed by atoms with Crippen LogP contribution in [-0.4, -0.2) is 23.9 Å². The molecule has 1 atom stereocenters. The molecule has 0 N–H and O–H groups in total. The van der Waals surface area contributed by atoms with Gasteiger partial charge in [-0.1, -0.05) is 35.1 Å². The third-order valence-corrected chi connectivity index (χ3v) is 6.99. The van der Waals surface area contributed by atoms with Crippen molar-refractivity contribution >= 4 is 35.0 Å². The van der Waals surface area contributed by atoms with Gasteiger partial charge >= 0.3 is 5.97 Å². The van der Waals surface area contributed by atoms with Gasteiger partial charge in [-0.3, -0.25) is 9.36 Å². The molecule has 0 unspecified atom stereocenters. The molecule has 5 rings (SSSR count). The molecule has 0 saturated heterocycles. The van der Waals surface area contributed by atoms with Crippen LogP contribution in [0.25, 0.3) is 6.08 Å². The number of esters is 1. The Morgan fingerprint density at radius 2 is 1.94 bits per heavy atom. The Morgan fingerprint density at radius 3 is 2.65 bits per heavy atom. The van der Waals surface area contributed by atoms with Crippen molar-refractivity contribution in [2.75, 3.05) is 13.4 Å². The molecule has 0 fully saturated rings. The number of thiazole rings is 1. The number of allylic oxidation sites excluding steroid dienone is 1. The number of nitrogens with zero attached hydrogens (tertiary/aromatic N) is 2. The number of hydrogen-bond donors (Lipinski definition) is 0. The van der Waals surface area contributed by atoms with Crippen molar-refractivity contribution < 1.29 is 19.0 Å². The van der Waals surface area contributed by atoms with Gasteiger partial charge in [-0.15, -0.1) is 0 Å². The van der Waals surface area contributed by atoms with Crippen molar-refractivity contribution in [2.24, 2.45) is 4.99 Å². The molecule has 7 nitrogen and oxygen atoms in total. The number of hydrogen-bond acceptors (Lipinski definition) is 7. The third-order valence-electron chi connectivity index (χ3n) is 5.75. The number of fused-ring (bicyclic) bond motifs is 2. The minimum atomic E-state index is -0.674. The normalized spacial score (nSPS) is 16.9. The maximum atomic E-state index is 13.7. The van der Waals surface area contributed by atoms with Gasteiger partial charge in [-0.2, -0.15) is 0 Å². The number of halogens is 1. The minimum Gasteiger partial charge on any atom is -0.463 e. The van der Waals surface area contributed by atoms with E-state index in [1.54, 1.807) is 30.5 Å². The molecule has 2 aromatic carbocycles. The lowest BCUT2D eigenvalue weighted by Crippen LogP contribution is -2.39. The van der Waals surface area contributed by atoms with Gasteiger partial charge in [0.25, 0.3) is 5.56 Å². The number of benzene rings is 2. The number of carbonyl (C=O) groups is 1. The summed E-state index contributed by atoms with van der Waals surface area (Å²) in [5.41, 5.74) is 3.16. The molecule has 0 amide bonds. The zero-order valence-corrected chi connectivity index (χ0v) is 20.3. The fourth-order valence-corrected chi connectivity index (χ4v) is 5.27. The highest BCUT2D eigenvalue weighted by Gasteiger charge is 2.33. The van der Waals surface area contributed by atoms with Crippen LogP contribution in [0.2, 0.25) is 5.02 Å². The van der Waals surface area contributed by atoms with E-state index < -0.39 is 12.0 Å². The second kappa shape index (κ2) is 8.77. The van der Waals surface area contributed by atoms with Crippen LogP contribution >= 0.6 is 22.9 Å². The summed E-state index contributed by atoms with van der Waals surface area (Å²) < 4.78 is 18.3. The number of aryl methyl sites for hydroxylation is 1. The van der Waals surface area contributed by atoms with E-state index in [2.05, 4.69) is 4.99 Å². The molecule has 34 heavy (non-hydrogen) atoms. The van der Waals surface area contributed by atoms with Crippen molar-refractivity contribution in [1.29, 1.82) is 0 Å². The van der Waals surface area contributed by atoms with E-state index >= 15 is 0 Å². The van der Waals surface area contributed by atoms with Gasteiger partial charge in [-0.25, -0.2) is 9.79 Å². The SMILES string of the molecule is CCOC(=O)C1=C(C)N=c2s/c(=C\c3cc4c(cc3C)OCO4)c(=O)n2[C@@H]1c1ccc(Cl)cc1. The highest BCUT2D eigenvalue weighted by Crippen LogP contribution is 2.35. The molecule has 174 valence electrons. The molecule has 0 radical (unpaired) electrons. The van der Waals surface area contributed by atoms with Crippen LogP contribution in [0.15, 0.2) is 57.5 Å². The highest BCUT2D eigenvalue weighted by molar-refractivity contribution is 7.07. The quantitative estimate of drug-likeness (QED) is 0.517. The monoisotopic (exact) mass is 496 g/mol. The Balaban J connectivity index is 1.71. The van der Waals surface area contributed by atoms with Gasteiger partial charge in [0.1, 0.15) is 0 Å². The van der Waals surface area contributed by atoms with Crippen LogP contribution in [0, 0.1) is 6.92 Å². The Hall–Kier alpha value is -3.36. The van der Waals surface area contributed by atoms with Crippen molar-refractivity contribution in [3.8, 4) is 11.5 Å². The molecule has 9 heteroatoms. The van der Waals surface area contributed by atoms with Gasteiger partial charge in [0.2, 0.25) is 6.79 Å². The van der Waals surface area contributed by atoms with Crippen LogP contribution in [0.4, 0.5) is 0 Å². The first-order valence-electron chi connectivity index (χ1n) is 10.7. The summed E-state index contributed by atoms with van der Waals surface area (Å²) in [4.78, 5) is 31.7. The lowest BCUT2D eigenvalue weighted by atomic mass is 9.96. The van der Waals surface area contributed by atoms with E-state index in [1.807, 2.05) is 37.3 Å². The summed E-state index contributed by atoms with van der Waals surface area (Å²) in [5.74, 6) is 0.835. The Labute approximate surface area is 204 Å². The molecule has 0 aliphatic carbocycles. The van der Waals surface area contributed by atoms with Gasteiger partial charge in [0, 0.05) is 5.02 Å². The second-order valence-corrected chi connectivity index (χ2v) is 9.36. The van der Waals surface area contributed by atoms with Gasteiger partial charge in [-0.05, 0) is 67.8 Å². The standard InChI is InChI=1S/C25H21ClN2O5S/c1-4-31-24(30)21-14(3)27-25-28(22(21)15-5-7-17(26)8-6-15)23(29)20(34-25)11-16-10-19-18(9-13(16)2)32-12-33-19/h5-11,22H,4,12H2,1-3H3/b20-11-/t22-/m1/s1. The molecule has 3 aromatic rings. The van der Waals surface area contributed by atoms with Crippen LogP contribution in [0.1, 0.15) is 36.6 Å². The largest absolute Gasteiger partial charge is 0.463 e. The molecule has 2 aliphatic heterocycles. The molecule has 2 aliphatic rings. The molecule has 0 saturated carbocycles. The van der Waals surface area contributed by atoms with Crippen LogP contribution in [-0.2, 0) is 9.53 Å². The number of aromatic nitrogens is 1. The topological polar surface area (TPSA) is 79.1 Å². The highest BCUT2D eigenvalue weighted by atomic mass is 35.5. The molecule has 3 heterocycles. The molecular weight excluding hydrogens is 476 g/mol. The summed E-state index contributed by atoms with van der Waals surface area (Å²) in [6.45, 7) is 5.85. The summed E-state index contributed by atoms with van der Waals surface area (Å²) in [6, 6.07) is 10.2. The van der Waals surface area contributed by atoms with E-state index in [1.165, 1.54) is 11.3 Å². The molecule has 0 bridgehead atoms. The van der Waals surface area contributed by atoms with Crippen molar-refractivity contribution in [1.82, 2.24) is 4.57 Å². The van der Waals surface area contributed by atoms with Crippen molar-refractivity contribution in [3.63, 3.8) is 0 Å². The lowest BCUT2D eigenvalue weighted by Gasteiger charge is -2.24. The van der Waals surface area contributed by atoms with E-state index in [0.717, 1.165) is 16.7 Å². The summed E-state index contributed by atoms with van der Waals surface area (Å²) in [6.07, 6.45) is 1.82. The van der Waals surface area contributed by atoms with Gasteiger partial charge in [0.05, 0.1) is 28.5 Å². The van der Waals surface area contributed by atoms with Crippen LogP contribution in [0.5, 0.6) is 11.5 Å². The second-order valence-electron chi connectivity index (χ2n) is 7.92. The average Bonchev–Trinajstić information content (AvgIpc) is 3.37. The maximum Gasteiger partial charge on any atom is 0.338 e. The number of rotatable bonds is 4. The number of carbonyl (C=O) groups excluding carboxylic acids is 1. The van der Waals surface area contributed by atoms with Gasteiger partial charge in [0.15, 0.2) is 16.3 Å². The zero-order valence-electron chi connectivity index (χ0n) is 18.8. The van der Waals surface area contributed by atoms with Crippen molar-refractivity contribution in [2.45, 2.75) is 26.8 Å². The first-order valence-corrected chi connectivity index (χ1v) is 11.9. The number of ether oxygens (including phenoxy) is 3. The Bertz CT molecular complexity index is 1520. The fraction of sp³-hybridized carbons (Fsp3) is 0.240. The predicted molar refractivity (Wildman–Crippen MR) is 129 cm³/mol. The molecule has 1 aromatic heterocycles. The summed E-state index contributed by atoms with van der Waals surface area (Å²) in [7, 11) is 0. The zero-order chi connectivity index (χ0) is 24.0. The first-order chi connectivity index (χ1) is 16.4. The Morgan fingerprint density at radius 1 is 1.24 bits per heavy atom. The maximum absolute atomic E-state index is 13.7. The van der Waals surface area contributed by atoms with E-state index in [0.29, 0.717) is 37.1 Å². The van der Waals surface area contributed by atoms with E-state index in [4.69, 9.17) is 25.8 Å². The van der Waals surface area contributed by atoms with Crippen molar-refractivity contribution in [3.05, 3.63) is 89.1 Å². The summed E-state index contributed by atoms with van der Waals surface area (Å²) in [5, 5.41) is 0.563. The average molecular weight is 497 g/mol. The van der Waals surface area contributed by atoms with Crippen LogP contribution in [0.3, 0.4) is 0 Å². The molecule has 0 spiro atoms. The smallest absolute Gasteiger partial charge is 0.338 e. The van der Waals surface area contributed by atoms with E-state index in [-0.39, 0.29) is 19.0 Å². The lowest BCUT2D eigenvalue weighted by molar-refractivity contribution is -0.139. The van der Waals surface area contributed by atoms with Gasteiger partial charge < -0.3 is 14.2 Å². The summed E-state index contributed by atoms with van der Waals surface area (Å²) >= 11 is 7.37. The third kappa shape index (κ3) is 3.82. The minimum absolute atomic E-state index is 0.178. The molecular formula is C25H21ClN2O5S. The van der Waals surface area contributed by atoms with E-state index in [9.17, 15) is 9.59 Å². The predicted octanol–water partition coefficient (Wildman–Crippen LogP) is 3.49.